The van der Waals surface area contributed by atoms with Gasteiger partial charge in [0.15, 0.2) is 0 Å². The molecule has 0 unspecified atom stereocenters. The molecule has 1 N–H and O–H groups in total. The second kappa shape index (κ2) is 4.74. The van der Waals surface area contributed by atoms with Crippen molar-refractivity contribution in [3.05, 3.63) is 12.7 Å². The van der Waals surface area contributed by atoms with Crippen molar-refractivity contribution in [2.75, 3.05) is 0 Å². The molecule has 0 radical (unpaired) electrons. The molecular formula is C12H20O2. The van der Waals surface area contributed by atoms with Gasteiger partial charge in [-0.05, 0) is 45.4 Å². The monoisotopic (exact) mass is 196 g/mol. The molecule has 0 spiro atoms. The summed E-state index contributed by atoms with van der Waals surface area (Å²) >= 11 is 0. The number of allylic oxidation sites excluding steroid dienone is 1. The highest BCUT2D eigenvalue weighted by Gasteiger charge is 2.33. The Balaban J connectivity index is 2.40. The first-order valence-corrected chi connectivity index (χ1v) is 5.41. The molecule has 0 aromatic carbocycles. The summed E-state index contributed by atoms with van der Waals surface area (Å²) in [7, 11) is 0. The highest BCUT2D eigenvalue weighted by atomic mass is 16.3. The maximum absolute atomic E-state index is 11.1. The van der Waals surface area contributed by atoms with E-state index >= 15 is 0 Å². The number of carbonyl (C=O) groups is 1. The lowest BCUT2D eigenvalue weighted by Gasteiger charge is -2.35. The number of hydrogen-bond donors (Lipinski definition) is 1. The van der Waals surface area contributed by atoms with E-state index < -0.39 is 5.60 Å². The summed E-state index contributed by atoms with van der Waals surface area (Å²) in [6.07, 6.45) is 6.74. The highest BCUT2D eigenvalue weighted by molar-refractivity contribution is 5.78. The Hall–Kier alpha value is -0.630. The number of ketones is 1. The predicted octanol–water partition coefficient (Wildman–Crippen LogP) is 2.46. The van der Waals surface area contributed by atoms with Gasteiger partial charge in [0.05, 0.1) is 5.60 Å². The molecule has 0 aromatic rings. The fourth-order valence-electron chi connectivity index (χ4n) is 2.18. The quantitative estimate of drug-likeness (QED) is 0.701. The molecule has 1 aliphatic rings. The van der Waals surface area contributed by atoms with Crippen molar-refractivity contribution in [2.24, 2.45) is 5.92 Å². The van der Waals surface area contributed by atoms with Crippen molar-refractivity contribution >= 4 is 5.78 Å². The minimum atomic E-state index is -0.528. The Morgan fingerprint density at radius 2 is 2.14 bits per heavy atom. The van der Waals surface area contributed by atoms with E-state index in [1.54, 1.807) is 6.92 Å². The topological polar surface area (TPSA) is 37.3 Å². The van der Waals surface area contributed by atoms with Crippen LogP contribution >= 0.6 is 0 Å². The molecule has 0 heterocycles. The first-order valence-electron chi connectivity index (χ1n) is 5.41. The standard InChI is InChI=1S/C12H20O2/c1-3-4-7-12(14)8-5-11(6-9-12)10(2)13/h3,11,14H,1,4-9H2,2H3. The summed E-state index contributed by atoms with van der Waals surface area (Å²) < 4.78 is 0. The van der Waals surface area contributed by atoms with Crippen molar-refractivity contribution in [3.8, 4) is 0 Å². The molecule has 2 heteroatoms. The van der Waals surface area contributed by atoms with Gasteiger partial charge in [0, 0.05) is 5.92 Å². The van der Waals surface area contributed by atoms with Crippen LogP contribution in [0.2, 0.25) is 0 Å². The molecule has 2 nitrogen and oxygen atoms in total. The predicted molar refractivity (Wildman–Crippen MR) is 57.0 cm³/mol. The Bertz CT molecular complexity index is 212. The van der Waals surface area contributed by atoms with Crippen molar-refractivity contribution in [1.29, 1.82) is 0 Å². The van der Waals surface area contributed by atoms with Crippen LogP contribution in [0.3, 0.4) is 0 Å². The molecular weight excluding hydrogens is 176 g/mol. The Morgan fingerprint density at radius 3 is 2.57 bits per heavy atom. The third-order valence-corrected chi connectivity index (χ3v) is 3.31. The van der Waals surface area contributed by atoms with Crippen molar-refractivity contribution < 1.29 is 9.90 Å². The fraction of sp³-hybridized carbons (Fsp3) is 0.750. The van der Waals surface area contributed by atoms with Crippen LogP contribution in [0.1, 0.15) is 45.4 Å². The Kier molecular flexibility index (Phi) is 3.87. The van der Waals surface area contributed by atoms with Crippen LogP contribution in [-0.2, 0) is 4.79 Å². The van der Waals surface area contributed by atoms with Gasteiger partial charge in [0.2, 0.25) is 0 Å². The smallest absolute Gasteiger partial charge is 0.132 e. The van der Waals surface area contributed by atoms with Crippen LogP contribution in [0.15, 0.2) is 12.7 Å². The lowest BCUT2D eigenvalue weighted by Crippen LogP contribution is -2.35. The van der Waals surface area contributed by atoms with Crippen LogP contribution in [0.25, 0.3) is 0 Å². The van der Waals surface area contributed by atoms with Gasteiger partial charge < -0.3 is 5.11 Å². The molecule has 0 saturated heterocycles. The molecule has 14 heavy (non-hydrogen) atoms. The zero-order chi connectivity index (χ0) is 10.6. The van der Waals surface area contributed by atoms with E-state index in [1.165, 1.54) is 0 Å². The largest absolute Gasteiger partial charge is 0.390 e. The van der Waals surface area contributed by atoms with E-state index in [9.17, 15) is 9.90 Å². The molecule has 0 aliphatic heterocycles. The van der Waals surface area contributed by atoms with E-state index in [-0.39, 0.29) is 11.7 Å². The van der Waals surface area contributed by atoms with Gasteiger partial charge >= 0.3 is 0 Å². The summed E-state index contributed by atoms with van der Waals surface area (Å²) in [6.45, 7) is 5.31. The minimum Gasteiger partial charge on any atom is -0.390 e. The first kappa shape index (κ1) is 11.4. The van der Waals surface area contributed by atoms with Gasteiger partial charge in [0.25, 0.3) is 0 Å². The van der Waals surface area contributed by atoms with Crippen LogP contribution in [0.4, 0.5) is 0 Å². The van der Waals surface area contributed by atoms with E-state index in [1.807, 2.05) is 6.08 Å². The second-order valence-electron chi connectivity index (χ2n) is 4.44. The third kappa shape index (κ3) is 2.95. The zero-order valence-corrected chi connectivity index (χ0v) is 8.96. The minimum absolute atomic E-state index is 0.194. The average Bonchev–Trinajstić information content (AvgIpc) is 2.16. The summed E-state index contributed by atoms with van der Waals surface area (Å²) in [5.74, 6) is 0.467. The molecule has 1 aliphatic carbocycles. The van der Waals surface area contributed by atoms with E-state index in [0.29, 0.717) is 0 Å². The second-order valence-corrected chi connectivity index (χ2v) is 4.44. The van der Waals surface area contributed by atoms with E-state index in [4.69, 9.17) is 0 Å². The molecule has 1 fully saturated rings. The van der Waals surface area contributed by atoms with Gasteiger partial charge in [-0.3, -0.25) is 4.79 Å². The van der Waals surface area contributed by atoms with Crippen molar-refractivity contribution in [1.82, 2.24) is 0 Å². The van der Waals surface area contributed by atoms with Crippen LogP contribution < -0.4 is 0 Å². The molecule has 0 bridgehead atoms. The SMILES string of the molecule is C=CCCC1(O)CCC(C(C)=O)CC1. The van der Waals surface area contributed by atoms with E-state index in [0.717, 1.165) is 38.5 Å². The highest BCUT2D eigenvalue weighted by Crippen LogP contribution is 2.35. The van der Waals surface area contributed by atoms with Crippen LogP contribution in [0.5, 0.6) is 0 Å². The maximum Gasteiger partial charge on any atom is 0.132 e. The molecule has 0 amide bonds. The number of hydrogen-bond acceptors (Lipinski definition) is 2. The summed E-state index contributed by atoms with van der Waals surface area (Å²) in [5.41, 5.74) is -0.528. The molecule has 1 rings (SSSR count). The molecule has 1 saturated carbocycles. The third-order valence-electron chi connectivity index (χ3n) is 3.31. The lowest BCUT2D eigenvalue weighted by atomic mass is 9.75. The normalized spacial score (nSPS) is 32.6. The first-order chi connectivity index (χ1) is 6.57. The number of rotatable bonds is 4. The fourth-order valence-corrected chi connectivity index (χ4v) is 2.18. The number of aliphatic hydroxyl groups is 1. The summed E-state index contributed by atoms with van der Waals surface area (Å²) in [6, 6.07) is 0. The number of carbonyl (C=O) groups excluding carboxylic acids is 1. The van der Waals surface area contributed by atoms with Crippen molar-refractivity contribution in [3.63, 3.8) is 0 Å². The summed E-state index contributed by atoms with van der Waals surface area (Å²) in [5, 5.41) is 10.1. The van der Waals surface area contributed by atoms with Gasteiger partial charge in [-0.15, -0.1) is 6.58 Å². The lowest BCUT2D eigenvalue weighted by molar-refractivity contribution is -0.123. The Morgan fingerprint density at radius 1 is 1.57 bits per heavy atom. The van der Waals surface area contributed by atoms with E-state index in [2.05, 4.69) is 6.58 Å². The van der Waals surface area contributed by atoms with Crippen LogP contribution in [-0.4, -0.2) is 16.5 Å². The molecule has 0 aromatic heterocycles. The van der Waals surface area contributed by atoms with Gasteiger partial charge in [-0.25, -0.2) is 0 Å². The molecule has 80 valence electrons. The Labute approximate surface area is 86.0 Å². The van der Waals surface area contributed by atoms with Crippen LogP contribution in [0, 0.1) is 5.92 Å². The molecule has 0 atom stereocenters. The summed E-state index contributed by atoms with van der Waals surface area (Å²) in [4.78, 5) is 11.1. The van der Waals surface area contributed by atoms with Gasteiger partial charge in [-0.1, -0.05) is 6.08 Å². The number of Topliss-reactive ketones (excluding diaryl/α,β-unsaturated/α-hetero) is 1. The van der Waals surface area contributed by atoms with Crippen molar-refractivity contribution in [2.45, 2.75) is 51.0 Å². The zero-order valence-electron chi connectivity index (χ0n) is 8.96. The van der Waals surface area contributed by atoms with Gasteiger partial charge in [-0.2, -0.15) is 0 Å². The van der Waals surface area contributed by atoms with Gasteiger partial charge in [0.1, 0.15) is 5.78 Å². The average molecular weight is 196 g/mol. The maximum atomic E-state index is 11.1.